The monoisotopic (exact) mass is 451 g/mol. The van der Waals surface area contributed by atoms with Gasteiger partial charge in [0.1, 0.15) is 11.6 Å². The number of ether oxygens (including phenoxy) is 1. The number of piperidine rings is 1. The molecular formula is C25H33N5O3. The number of nitrogens with one attached hydrogen (secondary N) is 1. The lowest BCUT2D eigenvalue weighted by Crippen LogP contribution is -2.53. The van der Waals surface area contributed by atoms with Gasteiger partial charge in [-0.25, -0.2) is 9.78 Å². The Morgan fingerprint density at radius 2 is 1.73 bits per heavy atom. The van der Waals surface area contributed by atoms with Crippen molar-refractivity contribution in [1.29, 1.82) is 0 Å². The number of nitrogens with zero attached hydrogens (tertiary/aromatic N) is 4. The van der Waals surface area contributed by atoms with Crippen LogP contribution in [0.15, 0.2) is 36.5 Å². The maximum atomic E-state index is 12.9. The molecule has 3 heterocycles. The highest BCUT2D eigenvalue weighted by atomic mass is 16.5. The molecular weight excluding hydrogens is 418 g/mol. The van der Waals surface area contributed by atoms with Crippen molar-refractivity contribution in [2.24, 2.45) is 0 Å². The average molecular weight is 452 g/mol. The van der Waals surface area contributed by atoms with Gasteiger partial charge in [-0.2, -0.15) is 0 Å². The SMILES string of the molecule is COc1cc(C(=O)N2CCN(C(=O)NCc3cccnc3N3CCCCC3)CC2)ccc1C. The van der Waals surface area contributed by atoms with Gasteiger partial charge in [0, 0.05) is 63.1 Å². The van der Waals surface area contributed by atoms with Crippen LogP contribution in [0.4, 0.5) is 10.6 Å². The van der Waals surface area contributed by atoms with Crippen LogP contribution in [-0.2, 0) is 6.54 Å². The number of hydrogen-bond acceptors (Lipinski definition) is 5. The summed E-state index contributed by atoms with van der Waals surface area (Å²) < 4.78 is 5.34. The first-order valence-electron chi connectivity index (χ1n) is 11.7. The standard InChI is InChI=1S/C25H33N5O3/c1-19-8-9-20(17-22(19)33-2)24(31)29-13-15-30(16-14-29)25(32)27-18-21-7-6-10-26-23(21)28-11-4-3-5-12-28/h6-10,17H,3-5,11-16,18H2,1-2H3,(H,27,32). The fourth-order valence-corrected chi connectivity index (χ4v) is 4.49. The van der Waals surface area contributed by atoms with Gasteiger partial charge in [0.15, 0.2) is 0 Å². The molecule has 2 saturated heterocycles. The van der Waals surface area contributed by atoms with E-state index in [-0.39, 0.29) is 11.9 Å². The topological polar surface area (TPSA) is 78.0 Å². The van der Waals surface area contributed by atoms with Gasteiger partial charge < -0.3 is 24.8 Å². The fraction of sp³-hybridized carbons (Fsp3) is 0.480. The molecule has 1 aromatic heterocycles. The van der Waals surface area contributed by atoms with Gasteiger partial charge >= 0.3 is 6.03 Å². The number of aromatic nitrogens is 1. The normalized spacial score (nSPS) is 16.5. The molecule has 0 bridgehead atoms. The second kappa shape index (κ2) is 10.6. The largest absolute Gasteiger partial charge is 0.496 e. The van der Waals surface area contributed by atoms with E-state index in [0.29, 0.717) is 44.0 Å². The van der Waals surface area contributed by atoms with E-state index in [1.165, 1.54) is 19.3 Å². The zero-order valence-electron chi connectivity index (χ0n) is 19.5. The van der Waals surface area contributed by atoms with Gasteiger partial charge in [-0.05, 0) is 49.9 Å². The first-order chi connectivity index (χ1) is 16.1. The maximum absolute atomic E-state index is 12.9. The summed E-state index contributed by atoms with van der Waals surface area (Å²) in [6, 6.07) is 9.35. The minimum Gasteiger partial charge on any atom is -0.496 e. The third-order valence-corrected chi connectivity index (χ3v) is 6.46. The van der Waals surface area contributed by atoms with Crippen LogP contribution in [0, 0.1) is 6.92 Å². The summed E-state index contributed by atoms with van der Waals surface area (Å²) in [6.07, 6.45) is 5.44. The smallest absolute Gasteiger partial charge is 0.317 e. The number of carbonyl (C=O) groups is 2. The number of anilines is 1. The molecule has 33 heavy (non-hydrogen) atoms. The molecule has 8 nitrogen and oxygen atoms in total. The predicted octanol–water partition coefficient (Wildman–Crippen LogP) is 3.06. The van der Waals surface area contributed by atoms with Gasteiger partial charge in [-0.1, -0.05) is 12.1 Å². The molecule has 176 valence electrons. The molecule has 0 atom stereocenters. The van der Waals surface area contributed by atoms with E-state index in [0.717, 1.165) is 30.0 Å². The molecule has 0 aliphatic carbocycles. The van der Waals surface area contributed by atoms with Gasteiger partial charge in [0.25, 0.3) is 5.91 Å². The summed E-state index contributed by atoms with van der Waals surface area (Å²) in [6.45, 7) is 6.45. The Hall–Kier alpha value is -3.29. The van der Waals surface area contributed by atoms with Crippen LogP contribution in [0.1, 0.15) is 40.7 Å². The molecule has 2 aliphatic rings. The number of piperazine rings is 1. The van der Waals surface area contributed by atoms with Crippen molar-refractivity contribution < 1.29 is 14.3 Å². The van der Waals surface area contributed by atoms with Crippen molar-refractivity contribution in [1.82, 2.24) is 20.1 Å². The van der Waals surface area contributed by atoms with Crippen molar-refractivity contribution >= 4 is 17.8 Å². The highest BCUT2D eigenvalue weighted by molar-refractivity contribution is 5.95. The van der Waals surface area contributed by atoms with Crippen molar-refractivity contribution in [3.05, 3.63) is 53.2 Å². The van der Waals surface area contributed by atoms with E-state index in [1.807, 2.05) is 37.4 Å². The van der Waals surface area contributed by atoms with Crippen LogP contribution < -0.4 is 15.0 Å². The Bertz CT molecular complexity index is 982. The zero-order valence-corrected chi connectivity index (χ0v) is 19.5. The molecule has 8 heteroatoms. The van der Waals surface area contributed by atoms with Crippen molar-refractivity contribution in [3.8, 4) is 5.75 Å². The van der Waals surface area contributed by atoms with Crippen molar-refractivity contribution in [2.75, 3.05) is 51.3 Å². The van der Waals surface area contributed by atoms with Crippen LogP contribution in [0.3, 0.4) is 0 Å². The second-order valence-corrected chi connectivity index (χ2v) is 8.66. The molecule has 2 aliphatic heterocycles. The van der Waals surface area contributed by atoms with Crippen molar-refractivity contribution in [3.63, 3.8) is 0 Å². The minimum absolute atomic E-state index is 0.0325. The van der Waals surface area contributed by atoms with E-state index in [2.05, 4.69) is 15.2 Å². The number of aryl methyl sites for hydroxylation is 1. The molecule has 0 saturated carbocycles. The lowest BCUT2D eigenvalue weighted by Gasteiger charge is -2.35. The van der Waals surface area contributed by atoms with E-state index >= 15 is 0 Å². The van der Waals surface area contributed by atoms with Crippen LogP contribution in [-0.4, -0.2) is 73.1 Å². The number of rotatable bonds is 5. The third-order valence-electron chi connectivity index (χ3n) is 6.46. The summed E-state index contributed by atoms with van der Waals surface area (Å²) in [4.78, 5) is 36.1. The Balaban J connectivity index is 1.30. The molecule has 2 fully saturated rings. The lowest BCUT2D eigenvalue weighted by molar-refractivity contribution is 0.0664. The Morgan fingerprint density at radius 3 is 2.45 bits per heavy atom. The summed E-state index contributed by atoms with van der Waals surface area (Å²) in [5, 5.41) is 3.05. The van der Waals surface area contributed by atoms with E-state index in [9.17, 15) is 9.59 Å². The summed E-state index contributed by atoms with van der Waals surface area (Å²) >= 11 is 0. The van der Waals surface area contributed by atoms with Gasteiger partial charge in [-0.3, -0.25) is 4.79 Å². The van der Waals surface area contributed by atoms with E-state index < -0.39 is 0 Å². The Kier molecular flexibility index (Phi) is 7.32. The molecule has 3 amide bonds. The minimum atomic E-state index is -0.104. The third kappa shape index (κ3) is 5.38. The van der Waals surface area contributed by atoms with Crippen LogP contribution >= 0.6 is 0 Å². The highest BCUT2D eigenvalue weighted by Crippen LogP contribution is 2.22. The molecule has 4 rings (SSSR count). The fourth-order valence-electron chi connectivity index (χ4n) is 4.49. The van der Waals surface area contributed by atoms with Crippen LogP contribution in [0.5, 0.6) is 5.75 Å². The number of benzene rings is 1. The molecule has 0 spiro atoms. The van der Waals surface area contributed by atoms with Crippen LogP contribution in [0.2, 0.25) is 0 Å². The molecule has 1 N–H and O–H groups in total. The first-order valence-corrected chi connectivity index (χ1v) is 11.7. The van der Waals surface area contributed by atoms with Crippen LogP contribution in [0.25, 0.3) is 0 Å². The van der Waals surface area contributed by atoms with Gasteiger partial charge in [0.05, 0.1) is 7.11 Å². The number of carbonyl (C=O) groups excluding carboxylic acids is 2. The summed E-state index contributed by atoms with van der Waals surface area (Å²) in [5.74, 6) is 1.65. The average Bonchev–Trinajstić information content (AvgIpc) is 2.88. The Morgan fingerprint density at radius 1 is 1.00 bits per heavy atom. The van der Waals surface area contributed by atoms with Crippen molar-refractivity contribution in [2.45, 2.75) is 32.7 Å². The predicted molar refractivity (Wildman–Crippen MR) is 128 cm³/mol. The number of amides is 3. The quantitative estimate of drug-likeness (QED) is 0.756. The highest BCUT2D eigenvalue weighted by Gasteiger charge is 2.25. The van der Waals surface area contributed by atoms with E-state index in [4.69, 9.17) is 4.74 Å². The lowest BCUT2D eigenvalue weighted by atomic mass is 10.1. The number of hydrogen-bond donors (Lipinski definition) is 1. The molecule has 0 unspecified atom stereocenters. The van der Waals surface area contributed by atoms with Gasteiger partial charge in [-0.15, -0.1) is 0 Å². The van der Waals surface area contributed by atoms with E-state index in [1.54, 1.807) is 23.0 Å². The number of urea groups is 1. The molecule has 1 aromatic carbocycles. The second-order valence-electron chi connectivity index (χ2n) is 8.66. The first kappa shape index (κ1) is 22.9. The molecule has 0 radical (unpaired) electrons. The number of pyridine rings is 1. The summed E-state index contributed by atoms with van der Waals surface area (Å²) in [5.41, 5.74) is 2.64. The number of methoxy groups -OCH3 is 1. The zero-order chi connectivity index (χ0) is 23.2. The summed E-state index contributed by atoms with van der Waals surface area (Å²) in [7, 11) is 1.61. The molecule has 2 aromatic rings. The van der Waals surface area contributed by atoms with Gasteiger partial charge in [0.2, 0.25) is 0 Å². The maximum Gasteiger partial charge on any atom is 0.317 e. The Labute approximate surface area is 195 Å².